The Hall–Kier alpha value is -0.651. The van der Waals surface area contributed by atoms with Crippen LogP contribution < -0.4 is 10.6 Å². The van der Waals surface area contributed by atoms with Crippen molar-refractivity contribution in [1.82, 2.24) is 4.90 Å². The molecule has 1 unspecified atom stereocenters. The van der Waals surface area contributed by atoms with Gasteiger partial charge in [-0.25, -0.2) is 0 Å². The number of hydrogen-bond acceptors (Lipinski definition) is 1. The molecule has 0 spiro atoms. The third kappa shape index (κ3) is 6.93. The van der Waals surface area contributed by atoms with Gasteiger partial charge in [0, 0.05) is 34.7 Å². The first-order valence-electron chi connectivity index (χ1n) is 9.67. The third-order valence-electron chi connectivity index (χ3n) is 4.88. The molecule has 0 aromatic heterocycles. The van der Waals surface area contributed by atoms with Crippen LogP contribution in [0.15, 0.2) is 60.7 Å². The van der Waals surface area contributed by atoms with Gasteiger partial charge in [0.2, 0.25) is 0 Å². The molecule has 2 saturated carbocycles. The smallest absolute Gasteiger partial charge is 0.0211 e. The van der Waals surface area contributed by atoms with Crippen LogP contribution in [-0.4, -0.2) is 25.0 Å². The molecule has 0 bridgehead atoms. The van der Waals surface area contributed by atoms with Gasteiger partial charge in [0.05, 0.1) is 0 Å². The maximum Gasteiger partial charge on any atom is 0.0211 e. The van der Waals surface area contributed by atoms with Crippen molar-refractivity contribution in [3.63, 3.8) is 0 Å². The standard InChI is InChI=1S/C21H23NP.C5H5.Fe/c1-17(22(2)3)20-15-10-16-21(20)23(18-11-6-4-7-12-18)19-13-8-5-9-14-19;1-2-4-5-3-1;/h4-17H,1-3H3;1-5H;. The number of hydrogen-bond donors (Lipinski definition) is 0. The Morgan fingerprint density at radius 1 is 0.655 bits per heavy atom. The minimum Gasteiger partial charge on any atom is -0.306 e. The molecular weight excluding hydrogens is 413 g/mol. The summed E-state index contributed by atoms with van der Waals surface area (Å²) in [6.45, 7) is 2.28. The Balaban J connectivity index is 0.000000437. The predicted octanol–water partition coefficient (Wildman–Crippen LogP) is 4.82. The van der Waals surface area contributed by atoms with Crippen LogP contribution in [0, 0.1) is 62.9 Å². The Morgan fingerprint density at radius 2 is 1.10 bits per heavy atom. The van der Waals surface area contributed by atoms with E-state index < -0.39 is 7.92 Å². The van der Waals surface area contributed by atoms with Crippen LogP contribution in [0.3, 0.4) is 0 Å². The van der Waals surface area contributed by atoms with E-state index in [4.69, 9.17) is 0 Å². The Morgan fingerprint density at radius 3 is 1.52 bits per heavy atom. The molecule has 1 nitrogen and oxygen atoms in total. The second kappa shape index (κ2) is 12.9. The summed E-state index contributed by atoms with van der Waals surface area (Å²) in [5.41, 5.74) is 1.47. The summed E-state index contributed by atoms with van der Waals surface area (Å²) in [4.78, 5) is 2.28. The van der Waals surface area contributed by atoms with Gasteiger partial charge in [0.25, 0.3) is 0 Å². The molecular formula is C26H28FeNP. The SMILES string of the molecule is CC([C]1[CH][CH][CH][C]1P(c1ccccc1)c1ccccc1)N(C)C.[CH]1[CH][CH][CH][CH]1.[Fe]. The normalized spacial score (nSPS) is 18.4. The maximum atomic E-state index is 2.31. The van der Waals surface area contributed by atoms with Crippen LogP contribution >= 0.6 is 7.92 Å². The van der Waals surface area contributed by atoms with Crippen molar-refractivity contribution in [2.75, 3.05) is 14.1 Å². The van der Waals surface area contributed by atoms with Gasteiger partial charge >= 0.3 is 0 Å². The van der Waals surface area contributed by atoms with Crippen molar-refractivity contribution in [3.8, 4) is 0 Å². The van der Waals surface area contributed by atoms with E-state index in [2.05, 4.69) is 106 Å². The van der Waals surface area contributed by atoms with Gasteiger partial charge in [-0.05, 0) is 90.9 Å². The van der Waals surface area contributed by atoms with Crippen molar-refractivity contribution >= 4 is 18.5 Å². The first-order valence-corrected chi connectivity index (χ1v) is 11.0. The van der Waals surface area contributed by atoms with Crippen LogP contribution in [0.1, 0.15) is 6.92 Å². The molecule has 2 aromatic carbocycles. The van der Waals surface area contributed by atoms with Crippen LogP contribution in [0.5, 0.6) is 0 Å². The zero-order valence-corrected chi connectivity index (χ0v) is 19.2. The topological polar surface area (TPSA) is 3.24 Å². The van der Waals surface area contributed by atoms with Gasteiger partial charge in [-0.3, -0.25) is 0 Å². The number of benzene rings is 2. The van der Waals surface area contributed by atoms with E-state index in [0.717, 1.165) is 0 Å². The molecule has 0 amide bonds. The number of nitrogens with zero attached hydrogens (tertiary/aromatic N) is 1. The zero-order valence-electron chi connectivity index (χ0n) is 17.2. The van der Waals surface area contributed by atoms with Gasteiger partial charge < -0.3 is 4.90 Å². The average Bonchev–Trinajstić information content (AvgIpc) is 3.45. The summed E-state index contributed by atoms with van der Waals surface area (Å²) in [6, 6.07) is 22.2. The molecule has 3 heteroatoms. The largest absolute Gasteiger partial charge is 0.306 e. The summed E-state index contributed by atoms with van der Waals surface area (Å²) in [5.74, 6) is 1.44. The van der Waals surface area contributed by atoms with Crippen LogP contribution in [0.4, 0.5) is 0 Å². The molecule has 0 N–H and O–H groups in total. The Labute approximate surface area is 190 Å². The van der Waals surface area contributed by atoms with Crippen LogP contribution in [-0.2, 0) is 17.1 Å². The van der Waals surface area contributed by atoms with Gasteiger partial charge in [-0.15, -0.1) is 0 Å². The van der Waals surface area contributed by atoms with Gasteiger partial charge in [-0.1, -0.05) is 60.7 Å². The molecule has 2 aliphatic carbocycles. The monoisotopic (exact) mass is 441 g/mol. The van der Waals surface area contributed by atoms with E-state index >= 15 is 0 Å². The van der Waals surface area contributed by atoms with E-state index in [0.29, 0.717) is 6.04 Å². The molecule has 150 valence electrons. The average molecular weight is 441 g/mol. The van der Waals surface area contributed by atoms with Crippen LogP contribution in [0.25, 0.3) is 0 Å². The molecule has 1 atom stereocenters. The van der Waals surface area contributed by atoms with E-state index in [1.165, 1.54) is 22.2 Å². The quantitative estimate of drug-likeness (QED) is 0.475. The number of rotatable bonds is 5. The third-order valence-corrected chi connectivity index (χ3v) is 7.39. The second-order valence-corrected chi connectivity index (χ2v) is 9.16. The van der Waals surface area contributed by atoms with E-state index in [1.807, 2.05) is 32.1 Å². The summed E-state index contributed by atoms with van der Waals surface area (Å²) in [7, 11) is 3.78. The van der Waals surface area contributed by atoms with Crippen molar-refractivity contribution < 1.29 is 17.1 Å². The fraction of sp³-hybridized carbons (Fsp3) is 0.154. The zero-order chi connectivity index (χ0) is 19.8. The van der Waals surface area contributed by atoms with Gasteiger partial charge in [0.1, 0.15) is 0 Å². The molecule has 2 fully saturated rings. The van der Waals surface area contributed by atoms with Crippen LogP contribution in [0.2, 0.25) is 0 Å². The molecule has 2 aromatic rings. The molecule has 0 aliphatic heterocycles. The van der Waals surface area contributed by atoms with E-state index in [-0.39, 0.29) is 17.1 Å². The minimum atomic E-state index is -0.514. The molecule has 2 aliphatic rings. The molecule has 4 rings (SSSR count). The molecule has 29 heavy (non-hydrogen) atoms. The van der Waals surface area contributed by atoms with Crippen molar-refractivity contribution in [2.45, 2.75) is 13.0 Å². The second-order valence-electron chi connectivity index (χ2n) is 6.97. The minimum absolute atomic E-state index is 0. The van der Waals surface area contributed by atoms with Crippen molar-refractivity contribution in [1.29, 1.82) is 0 Å². The summed E-state index contributed by atoms with van der Waals surface area (Å²) in [5, 5.41) is 2.82. The van der Waals surface area contributed by atoms with Gasteiger partial charge in [0.15, 0.2) is 0 Å². The predicted molar refractivity (Wildman–Crippen MR) is 123 cm³/mol. The molecule has 0 heterocycles. The van der Waals surface area contributed by atoms with E-state index in [9.17, 15) is 0 Å². The first kappa shape index (κ1) is 24.6. The molecule has 10 radical (unpaired) electrons. The maximum absolute atomic E-state index is 2.31. The fourth-order valence-corrected chi connectivity index (χ4v) is 5.71. The summed E-state index contributed by atoms with van der Waals surface area (Å²) < 4.78 is 0. The Kier molecular flexibility index (Phi) is 11.0. The summed E-state index contributed by atoms with van der Waals surface area (Å²) >= 11 is 0. The fourth-order valence-electron chi connectivity index (χ4n) is 3.16. The van der Waals surface area contributed by atoms with E-state index in [1.54, 1.807) is 0 Å². The summed E-state index contributed by atoms with van der Waals surface area (Å²) in [6.07, 6.45) is 16.8. The van der Waals surface area contributed by atoms with Gasteiger partial charge in [-0.2, -0.15) is 0 Å². The van der Waals surface area contributed by atoms with Crippen molar-refractivity contribution in [2.24, 2.45) is 0 Å². The molecule has 0 saturated heterocycles. The first-order chi connectivity index (χ1) is 13.7. The van der Waals surface area contributed by atoms with Crippen molar-refractivity contribution in [3.05, 3.63) is 124 Å². The Bertz CT molecular complexity index is 625.